The number of halogens is 2. The predicted octanol–water partition coefficient (Wildman–Crippen LogP) is 1.78. The van der Waals surface area contributed by atoms with Crippen molar-refractivity contribution in [2.45, 2.75) is 12.5 Å². The fourth-order valence-electron chi connectivity index (χ4n) is 1.47. The van der Waals surface area contributed by atoms with Crippen molar-refractivity contribution >= 4 is 35.1 Å². The summed E-state index contributed by atoms with van der Waals surface area (Å²) in [5, 5.41) is 3.07. The first-order chi connectivity index (χ1) is 8.56. The average Bonchev–Trinajstić information content (AvgIpc) is 2.36. The third-order valence-corrected chi connectivity index (χ3v) is 2.75. The number of carbonyl (C=O) groups is 2. The highest BCUT2D eigenvalue weighted by molar-refractivity contribution is 6.30. The van der Waals surface area contributed by atoms with Gasteiger partial charge in [0, 0.05) is 11.4 Å². The fraction of sp³-hybridized carbons (Fsp3) is 0.333. The van der Waals surface area contributed by atoms with Gasteiger partial charge in [-0.15, -0.1) is 11.6 Å². The molecule has 1 N–H and O–H groups in total. The summed E-state index contributed by atoms with van der Waals surface area (Å²) in [6.07, 6.45) is 0.301. The van der Waals surface area contributed by atoms with Crippen LogP contribution in [0.25, 0.3) is 0 Å². The summed E-state index contributed by atoms with van der Waals surface area (Å²) in [4.78, 5) is 22.8. The summed E-state index contributed by atoms with van der Waals surface area (Å²) in [6.45, 7) is 0. The van der Waals surface area contributed by atoms with E-state index in [0.717, 1.165) is 5.56 Å². The third kappa shape index (κ3) is 4.55. The van der Waals surface area contributed by atoms with Crippen LogP contribution >= 0.6 is 23.2 Å². The molecule has 4 nitrogen and oxygen atoms in total. The van der Waals surface area contributed by atoms with Crippen LogP contribution in [0.3, 0.4) is 0 Å². The molecule has 1 aromatic carbocycles. The molecule has 1 rings (SSSR count). The van der Waals surface area contributed by atoms with E-state index in [-0.39, 0.29) is 5.88 Å². The van der Waals surface area contributed by atoms with Gasteiger partial charge in [0.25, 0.3) is 0 Å². The van der Waals surface area contributed by atoms with Crippen LogP contribution in [0.15, 0.2) is 24.3 Å². The number of rotatable bonds is 5. The summed E-state index contributed by atoms with van der Waals surface area (Å²) in [7, 11) is 1.26. The smallest absolute Gasteiger partial charge is 0.328 e. The molecular weight excluding hydrogens is 277 g/mol. The van der Waals surface area contributed by atoms with Gasteiger partial charge >= 0.3 is 5.97 Å². The largest absolute Gasteiger partial charge is 0.467 e. The lowest BCUT2D eigenvalue weighted by Crippen LogP contribution is -2.43. The monoisotopic (exact) mass is 289 g/mol. The van der Waals surface area contributed by atoms with Gasteiger partial charge in [-0.3, -0.25) is 4.79 Å². The van der Waals surface area contributed by atoms with E-state index < -0.39 is 17.9 Å². The number of hydrogen-bond donors (Lipinski definition) is 1. The summed E-state index contributed by atoms with van der Waals surface area (Å²) < 4.78 is 4.63. The molecule has 0 saturated heterocycles. The number of benzene rings is 1. The minimum atomic E-state index is -0.764. The molecule has 0 aliphatic heterocycles. The van der Waals surface area contributed by atoms with Crippen LogP contribution in [-0.2, 0) is 20.7 Å². The molecule has 0 heterocycles. The summed E-state index contributed by atoms with van der Waals surface area (Å²) >= 11 is 11.2. The molecule has 0 bridgehead atoms. The highest BCUT2D eigenvalue weighted by Crippen LogP contribution is 2.12. The molecule has 0 aliphatic carbocycles. The molecule has 0 spiro atoms. The quantitative estimate of drug-likeness (QED) is 0.664. The van der Waals surface area contributed by atoms with Crippen LogP contribution in [0.4, 0.5) is 0 Å². The zero-order valence-electron chi connectivity index (χ0n) is 9.78. The molecule has 0 unspecified atom stereocenters. The molecule has 98 valence electrons. The minimum absolute atomic E-state index is 0.205. The van der Waals surface area contributed by atoms with Gasteiger partial charge in [0.15, 0.2) is 0 Å². The van der Waals surface area contributed by atoms with Crippen molar-refractivity contribution in [1.82, 2.24) is 5.32 Å². The number of alkyl halides is 1. The second-order valence-corrected chi connectivity index (χ2v) is 4.31. The predicted molar refractivity (Wildman–Crippen MR) is 69.8 cm³/mol. The van der Waals surface area contributed by atoms with E-state index in [0.29, 0.717) is 11.4 Å². The number of ether oxygens (including phenoxy) is 1. The van der Waals surface area contributed by atoms with Crippen molar-refractivity contribution < 1.29 is 14.3 Å². The number of nitrogens with one attached hydrogen (secondary N) is 1. The summed E-state index contributed by atoms with van der Waals surface area (Å²) in [5.41, 5.74) is 0.827. The molecule has 0 aliphatic rings. The lowest BCUT2D eigenvalue weighted by molar-refractivity contribution is -0.144. The van der Waals surface area contributed by atoms with Gasteiger partial charge in [-0.25, -0.2) is 4.79 Å². The Morgan fingerprint density at radius 2 is 2.17 bits per heavy atom. The first-order valence-corrected chi connectivity index (χ1v) is 6.15. The summed E-state index contributed by atoms with van der Waals surface area (Å²) in [6, 6.07) is 6.28. The highest BCUT2D eigenvalue weighted by Gasteiger charge is 2.21. The molecule has 0 saturated carbocycles. The van der Waals surface area contributed by atoms with Crippen LogP contribution < -0.4 is 5.32 Å². The number of esters is 1. The molecule has 6 heteroatoms. The molecule has 0 aromatic heterocycles. The number of amides is 1. The van der Waals surface area contributed by atoms with Gasteiger partial charge in [0.05, 0.1) is 7.11 Å². The maximum absolute atomic E-state index is 11.5. The third-order valence-electron chi connectivity index (χ3n) is 2.27. The number of methoxy groups -OCH3 is 1. The number of carbonyl (C=O) groups excluding carboxylic acids is 2. The fourth-order valence-corrected chi connectivity index (χ4v) is 1.76. The van der Waals surface area contributed by atoms with Crippen molar-refractivity contribution in [3.8, 4) is 0 Å². The van der Waals surface area contributed by atoms with Gasteiger partial charge in [-0.1, -0.05) is 23.7 Å². The van der Waals surface area contributed by atoms with Crippen LogP contribution in [0.2, 0.25) is 5.02 Å². The van der Waals surface area contributed by atoms with Gasteiger partial charge in [-0.05, 0) is 17.7 Å². The van der Waals surface area contributed by atoms with E-state index in [4.69, 9.17) is 23.2 Å². The van der Waals surface area contributed by atoms with Crippen molar-refractivity contribution in [2.24, 2.45) is 0 Å². The van der Waals surface area contributed by atoms with E-state index in [9.17, 15) is 9.59 Å². The SMILES string of the molecule is COC(=O)[C@@H](Cc1cccc(Cl)c1)NC(=O)CCl. The highest BCUT2D eigenvalue weighted by atomic mass is 35.5. The Morgan fingerprint density at radius 3 is 2.72 bits per heavy atom. The van der Waals surface area contributed by atoms with Crippen molar-refractivity contribution in [3.05, 3.63) is 34.9 Å². The molecule has 0 radical (unpaired) electrons. The van der Waals surface area contributed by atoms with Gasteiger partial charge < -0.3 is 10.1 Å². The maximum atomic E-state index is 11.5. The van der Waals surface area contributed by atoms with Gasteiger partial charge in [0.2, 0.25) is 5.91 Å². The van der Waals surface area contributed by atoms with E-state index >= 15 is 0 Å². The van der Waals surface area contributed by atoms with E-state index in [1.807, 2.05) is 6.07 Å². The molecule has 1 atom stereocenters. The van der Waals surface area contributed by atoms with E-state index in [1.165, 1.54) is 7.11 Å². The second kappa shape index (κ2) is 7.24. The zero-order chi connectivity index (χ0) is 13.5. The maximum Gasteiger partial charge on any atom is 0.328 e. The molecule has 18 heavy (non-hydrogen) atoms. The normalized spacial score (nSPS) is 11.7. The first-order valence-electron chi connectivity index (χ1n) is 5.24. The van der Waals surface area contributed by atoms with E-state index in [1.54, 1.807) is 18.2 Å². The molecule has 1 amide bonds. The molecule has 1 aromatic rings. The summed E-state index contributed by atoms with van der Waals surface area (Å²) in [5.74, 6) is -1.15. The molecule has 0 fully saturated rings. The van der Waals surface area contributed by atoms with Crippen LogP contribution in [0.5, 0.6) is 0 Å². The van der Waals surface area contributed by atoms with Gasteiger partial charge in [0.1, 0.15) is 11.9 Å². The Morgan fingerprint density at radius 1 is 1.44 bits per heavy atom. The lowest BCUT2D eigenvalue weighted by atomic mass is 10.1. The van der Waals surface area contributed by atoms with Crippen LogP contribution in [0, 0.1) is 0 Å². The van der Waals surface area contributed by atoms with E-state index in [2.05, 4.69) is 10.1 Å². The average molecular weight is 290 g/mol. The molecular formula is C12H13Cl2NO3. The Labute approximate surface area is 115 Å². The number of hydrogen-bond acceptors (Lipinski definition) is 3. The lowest BCUT2D eigenvalue weighted by Gasteiger charge is -2.16. The Kier molecular flexibility index (Phi) is 5.95. The van der Waals surface area contributed by atoms with Crippen molar-refractivity contribution in [2.75, 3.05) is 13.0 Å². The Balaban J connectivity index is 2.78. The van der Waals surface area contributed by atoms with Gasteiger partial charge in [-0.2, -0.15) is 0 Å². The first kappa shape index (κ1) is 14.8. The zero-order valence-corrected chi connectivity index (χ0v) is 11.3. The Bertz CT molecular complexity index is 437. The van der Waals surface area contributed by atoms with Crippen molar-refractivity contribution in [3.63, 3.8) is 0 Å². The minimum Gasteiger partial charge on any atom is -0.467 e. The van der Waals surface area contributed by atoms with Crippen LogP contribution in [-0.4, -0.2) is 30.9 Å². The van der Waals surface area contributed by atoms with Crippen LogP contribution in [0.1, 0.15) is 5.56 Å². The standard InChI is InChI=1S/C12H13Cl2NO3/c1-18-12(17)10(15-11(16)7-13)6-8-3-2-4-9(14)5-8/h2-5,10H,6-7H2,1H3,(H,15,16)/t10-/m1/s1. The Hall–Kier alpha value is -1.26. The van der Waals surface area contributed by atoms with Crippen molar-refractivity contribution in [1.29, 1.82) is 0 Å². The second-order valence-electron chi connectivity index (χ2n) is 3.61. The topological polar surface area (TPSA) is 55.4 Å².